The van der Waals surface area contributed by atoms with Gasteiger partial charge < -0.3 is 0 Å². The fraction of sp³-hybridized carbons (Fsp3) is 0.500. The SMILES string of the molecule is CC(NP(=O)(OCC(Cl)(Cl)Cl)OCC(Cl)(Cl)Cl)c1ccccc1. The number of nitrogens with one attached hydrogen (secondary N) is 1. The zero-order valence-corrected chi connectivity index (χ0v) is 17.2. The van der Waals surface area contributed by atoms with E-state index in [4.69, 9.17) is 78.7 Å². The van der Waals surface area contributed by atoms with Crippen LogP contribution < -0.4 is 5.09 Å². The summed E-state index contributed by atoms with van der Waals surface area (Å²) in [6.45, 7) is 0.825. The Hall–Kier alpha value is 1.07. The molecule has 0 aliphatic rings. The summed E-state index contributed by atoms with van der Waals surface area (Å²) in [7, 11) is -3.89. The van der Waals surface area contributed by atoms with Crippen molar-refractivity contribution in [2.24, 2.45) is 0 Å². The first-order chi connectivity index (χ1) is 10.4. The fourth-order valence-electron chi connectivity index (χ4n) is 1.48. The van der Waals surface area contributed by atoms with Crippen LogP contribution in [0.3, 0.4) is 0 Å². The molecule has 0 radical (unpaired) electrons. The molecule has 0 aliphatic carbocycles. The van der Waals surface area contributed by atoms with E-state index in [0.717, 1.165) is 5.56 Å². The third-order valence-corrected chi connectivity index (χ3v) is 4.74. The average Bonchev–Trinajstić information content (AvgIpc) is 2.43. The molecular formula is C12H14Cl6NO3P. The van der Waals surface area contributed by atoms with E-state index < -0.39 is 28.5 Å². The van der Waals surface area contributed by atoms with Gasteiger partial charge in [0.15, 0.2) is 0 Å². The Morgan fingerprint density at radius 1 is 1.00 bits per heavy atom. The average molecular weight is 464 g/mol. The Labute approximate surface area is 165 Å². The number of hydrogen-bond donors (Lipinski definition) is 1. The zero-order valence-electron chi connectivity index (χ0n) is 11.8. The summed E-state index contributed by atoms with van der Waals surface area (Å²) >= 11 is 33.6. The van der Waals surface area contributed by atoms with Crippen molar-refractivity contribution in [3.63, 3.8) is 0 Å². The van der Waals surface area contributed by atoms with Gasteiger partial charge >= 0.3 is 7.75 Å². The van der Waals surface area contributed by atoms with Crippen LogP contribution in [0.15, 0.2) is 30.3 Å². The highest BCUT2D eigenvalue weighted by Gasteiger charge is 2.35. The molecule has 4 nitrogen and oxygen atoms in total. The van der Waals surface area contributed by atoms with Crippen molar-refractivity contribution in [1.29, 1.82) is 0 Å². The summed E-state index contributed by atoms with van der Waals surface area (Å²) in [5.41, 5.74) is 0.850. The number of alkyl halides is 6. The molecule has 0 amide bonds. The van der Waals surface area contributed by atoms with Crippen LogP contribution in [-0.4, -0.2) is 20.8 Å². The number of hydrogen-bond acceptors (Lipinski definition) is 3. The molecule has 1 aromatic carbocycles. The van der Waals surface area contributed by atoms with Crippen molar-refractivity contribution in [3.05, 3.63) is 35.9 Å². The highest BCUT2D eigenvalue weighted by atomic mass is 35.6. The lowest BCUT2D eigenvalue weighted by Gasteiger charge is -2.26. The van der Waals surface area contributed by atoms with Crippen molar-refractivity contribution >= 4 is 77.4 Å². The van der Waals surface area contributed by atoms with Crippen molar-refractivity contribution < 1.29 is 13.6 Å². The van der Waals surface area contributed by atoms with Crippen molar-refractivity contribution in [3.8, 4) is 0 Å². The molecule has 0 fully saturated rings. The summed E-state index contributed by atoms with van der Waals surface area (Å²) in [6.07, 6.45) is 0. The molecule has 132 valence electrons. The van der Waals surface area contributed by atoms with E-state index in [0.29, 0.717) is 0 Å². The van der Waals surface area contributed by atoms with Gasteiger partial charge in [-0.3, -0.25) is 9.05 Å². The van der Waals surface area contributed by atoms with E-state index in [1.165, 1.54) is 0 Å². The molecule has 0 saturated heterocycles. The molecule has 23 heavy (non-hydrogen) atoms. The van der Waals surface area contributed by atoms with Gasteiger partial charge in [0.1, 0.15) is 13.2 Å². The van der Waals surface area contributed by atoms with E-state index in [2.05, 4.69) is 5.09 Å². The van der Waals surface area contributed by atoms with Crippen LogP contribution in [0.5, 0.6) is 0 Å². The first kappa shape index (κ1) is 22.1. The zero-order chi connectivity index (χ0) is 17.7. The second-order valence-corrected chi connectivity index (χ2v) is 11.3. The lowest BCUT2D eigenvalue weighted by molar-refractivity contribution is 0.198. The maximum absolute atomic E-state index is 12.8. The van der Waals surface area contributed by atoms with Gasteiger partial charge in [-0.2, -0.15) is 0 Å². The second-order valence-electron chi connectivity index (χ2n) is 4.54. The second kappa shape index (κ2) is 9.14. The third-order valence-electron chi connectivity index (χ3n) is 2.45. The Morgan fingerprint density at radius 3 is 1.83 bits per heavy atom. The van der Waals surface area contributed by atoms with Gasteiger partial charge in [0, 0.05) is 6.04 Å². The van der Waals surface area contributed by atoms with Gasteiger partial charge in [-0.25, -0.2) is 9.65 Å². The molecule has 0 heterocycles. The fourth-order valence-corrected chi connectivity index (χ4v) is 3.84. The molecule has 1 atom stereocenters. The first-order valence-corrected chi connectivity index (χ1v) is 10.1. The molecule has 0 bridgehead atoms. The Bertz CT molecular complexity index is 512. The number of rotatable bonds is 7. The molecule has 0 spiro atoms. The maximum atomic E-state index is 12.8. The Kier molecular flexibility index (Phi) is 8.78. The lowest BCUT2D eigenvalue weighted by Crippen LogP contribution is -2.24. The first-order valence-electron chi connectivity index (χ1n) is 6.26. The van der Waals surface area contributed by atoms with Gasteiger partial charge in [-0.05, 0) is 12.5 Å². The van der Waals surface area contributed by atoms with Gasteiger partial charge in [0.25, 0.3) is 0 Å². The van der Waals surface area contributed by atoms with Gasteiger partial charge in [-0.15, -0.1) is 0 Å². The van der Waals surface area contributed by atoms with Crippen LogP contribution in [0.1, 0.15) is 18.5 Å². The van der Waals surface area contributed by atoms with Crippen LogP contribution >= 0.6 is 77.4 Å². The van der Waals surface area contributed by atoms with Crippen molar-refractivity contribution in [1.82, 2.24) is 5.09 Å². The maximum Gasteiger partial charge on any atom is 0.406 e. The minimum absolute atomic E-state index is 0.382. The molecule has 1 aromatic rings. The highest BCUT2D eigenvalue weighted by molar-refractivity contribution is 7.51. The monoisotopic (exact) mass is 461 g/mol. The molecular weight excluding hydrogens is 450 g/mol. The van der Waals surface area contributed by atoms with Crippen LogP contribution in [0, 0.1) is 0 Å². The molecule has 0 saturated carbocycles. The Balaban J connectivity index is 2.83. The van der Waals surface area contributed by atoms with Crippen LogP contribution in [0.2, 0.25) is 0 Å². The van der Waals surface area contributed by atoms with Crippen molar-refractivity contribution in [2.75, 3.05) is 13.2 Å². The van der Waals surface area contributed by atoms with E-state index in [1.807, 2.05) is 30.3 Å². The smallest absolute Gasteiger partial charge is 0.292 e. The van der Waals surface area contributed by atoms with Gasteiger partial charge in [0.05, 0.1) is 0 Å². The highest BCUT2D eigenvalue weighted by Crippen LogP contribution is 2.49. The number of benzene rings is 1. The molecule has 1 N–H and O–H groups in total. The molecule has 11 heteroatoms. The minimum Gasteiger partial charge on any atom is -0.292 e. The lowest BCUT2D eigenvalue weighted by atomic mass is 10.1. The van der Waals surface area contributed by atoms with Gasteiger partial charge in [0.2, 0.25) is 7.59 Å². The largest absolute Gasteiger partial charge is 0.406 e. The summed E-state index contributed by atoms with van der Waals surface area (Å²) in [4.78, 5) is 0. The normalized spacial score (nSPS) is 14.7. The topological polar surface area (TPSA) is 47.6 Å². The van der Waals surface area contributed by atoms with E-state index in [9.17, 15) is 4.57 Å². The summed E-state index contributed by atoms with van der Waals surface area (Å²) < 4.78 is 19.5. The van der Waals surface area contributed by atoms with Crippen LogP contribution in [-0.2, 0) is 13.6 Å². The molecule has 1 unspecified atom stereocenters. The predicted octanol–water partition coefficient (Wildman–Crippen LogP) is 6.22. The summed E-state index contributed by atoms with van der Waals surface area (Å²) in [5.74, 6) is 0. The molecule has 1 rings (SSSR count). The van der Waals surface area contributed by atoms with Crippen LogP contribution in [0.25, 0.3) is 0 Å². The third kappa shape index (κ3) is 9.96. The molecule has 0 aliphatic heterocycles. The molecule has 0 aromatic heterocycles. The van der Waals surface area contributed by atoms with E-state index >= 15 is 0 Å². The van der Waals surface area contributed by atoms with Crippen molar-refractivity contribution in [2.45, 2.75) is 20.6 Å². The summed E-state index contributed by atoms with van der Waals surface area (Å²) in [5, 5.41) is 2.71. The van der Waals surface area contributed by atoms with E-state index in [1.54, 1.807) is 6.92 Å². The Morgan fingerprint density at radius 2 is 1.43 bits per heavy atom. The van der Waals surface area contributed by atoms with Gasteiger partial charge in [-0.1, -0.05) is 99.9 Å². The standard InChI is InChI=1S/C12H14Cl6NO3P/c1-9(10-5-3-2-4-6-10)19-23(20,21-7-11(13,14)15)22-8-12(16,17)18/h2-6,9H,7-8H2,1H3,(H,19,20). The van der Waals surface area contributed by atoms with Crippen LogP contribution in [0.4, 0.5) is 0 Å². The quantitative estimate of drug-likeness (QED) is 0.385. The number of halogens is 6. The summed E-state index contributed by atoms with van der Waals surface area (Å²) in [6, 6.07) is 8.82. The van der Waals surface area contributed by atoms with E-state index in [-0.39, 0.29) is 6.04 Å². The predicted molar refractivity (Wildman–Crippen MR) is 98.1 cm³/mol. The minimum atomic E-state index is -3.89.